The summed E-state index contributed by atoms with van der Waals surface area (Å²) in [6.07, 6.45) is 1.54. The molecule has 3 rings (SSSR count). The quantitative estimate of drug-likeness (QED) is 0.705. The van der Waals surface area contributed by atoms with Gasteiger partial charge >= 0.3 is 5.97 Å². The van der Waals surface area contributed by atoms with Gasteiger partial charge in [-0.3, -0.25) is 9.59 Å². The number of esters is 1. The number of benzene rings is 2. The fourth-order valence-electron chi connectivity index (χ4n) is 2.93. The Morgan fingerprint density at radius 1 is 1.07 bits per heavy atom. The number of ether oxygens (including phenoxy) is 1. The molecule has 138 valence electrons. The molecule has 1 N–H and O–H groups in total. The first kappa shape index (κ1) is 18.4. The lowest BCUT2D eigenvalue weighted by Crippen LogP contribution is -2.41. The fourth-order valence-corrected chi connectivity index (χ4v) is 2.93. The van der Waals surface area contributed by atoms with Gasteiger partial charge in [0.15, 0.2) is 0 Å². The molecule has 2 aromatic carbocycles. The van der Waals surface area contributed by atoms with Crippen molar-refractivity contribution in [3.63, 3.8) is 0 Å². The summed E-state index contributed by atoms with van der Waals surface area (Å²) in [7, 11) is 1.24. The van der Waals surface area contributed by atoms with Crippen LogP contribution >= 0.6 is 0 Å². The van der Waals surface area contributed by atoms with Crippen LogP contribution in [0.25, 0.3) is 10.9 Å². The van der Waals surface area contributed by atoms with Gasteiger partial charge in [-0.15, -0.1) is 0 Å². The third-order valence-electron chi connectivity index (χ3n) is 4.33. The minimum Gasteiger partial charge on any atom is -0.467 e. The Hall–Kier alpha value is -3.41. The number of amides is 1. The van der Waals surface area contributed by atoms with Gasteiger partial charge in [0.2, 0.25) is 5.43 Å². The van der Waals surface area contributed by atoms with E-state index in [1.807, 2.05) is 47.0 Å². The van der Waals surface area contributed by atoms with Crippen LogP contribution in [0.15, 0.2) is 65.6 Å². The molecule has 1 aromatic heterocycles. The summed E-state index contributed by atoms with van der Waals surface area (Å²) in [4.78, 5) is 37.0. The van der Waals surface area contributed by atoms with Gasteiger partial charge in [0.05, 0.1) is 12.6 Å². The molecule has 0 unspecified atom stereocenters. The zero-order valence-electron chi connectivity index (χ0n) is 15.1. The molecule has 6 heteroatoms. The van der Waals surface area contributed by atoms with Crippen molar-refractivity contribution in [3.05, 3.63) is 82.1 Å². The lowest BCUT2D eigenvalue weighted by Gasteiger charge is -2.15. The third kappa shape index (κ3) is 3.89. The van der Waals surface area contributed by atoms with Crippen molar-refractivity contribution in [2.45, 2.75) is 19.5 Å². The molecular weight excluding hydrogens is 344 g/mol. The van der Waals surface area contributed by atoms with E-state index in [9.17, 15) is 14.4 Å². The first-order valence-electron chi connectivity index (χ1n) is 8.56. The molecule has 0 bridgehead atoms. The minimum absolute atomic E-state index is 0.0135. The molecule has 0 aliphatic carbocycles. The molecule has 6 nitrogen and oxygen atoms in total. The number of hydrogen-bond acceptors (Lipinski definition) is 4. The van der Waals surface area contributed by atoms with Crippen LogP contribution in [0, 0.1) is 0 Å². The molecule has 0 saturated heterocycles. The predicted octanol–water partition coefficient (Wildman–Crippen LogP) is 2.34. The topological polar surface area (TPSA) is 77.4 Å². The van der Waals surface area contributed by atoms with E-state index in [1.165, 1.54) is 20.2 Å². The average Bonchev–Trinajstić information content (AvgIpc) is 2.70. The smallest absolute Gasteiger partial charge is 0.328 e. The molecule has 1 heterocycles. The third-order valence-corrected chi connectivity index (χ3v) is 4.33. The monoisotopic (exact) mass is 364 g/mol. The molecule has 0 aliphatic rings. The molecule has 27 heavy (non-hydrogen) atoms. The van der Waals surface area contributed by atoms with Crippen LogP contribution < -0.4 is 10.7 Å². The van der Waals surface area contributed by atoms with Crippen LogP contribution in [-0.4, -0.2) is 29.6 Å². The molecule has 0 spiro atoms. The van der Waals surface area contributed by atoms with E-state index in [0.717, 1.165) is 11.1 Å². The lowest BCUT2D eigenvalue weighted by atomic mass is 10.1. The van der Waals surface area contributed by atoms with Gasteiger partial charge in [0, 0.05) is 18.1 Å². The Labute approximate surface area is 156 Å². The number of nitrogens with one attached hydrogen (secondary N) is 1. The maximum Gasteiger partial charge on any atom is 0.328 e. The summed E-state index contributed by atoms with van der Waals surface area (Å²) < 4.78 is 6.48. The van der Waals surface area contributed by atoms with Crippen LogP contribution in [0.5, 0.6) is 0 Å². The summed E-state index contributed by atoms with van der Waals surface area (Å²) >= 11 is 0. The van der Waals surface area contributed by atoms with Crippen molar-refractivity contribution in [1.29, 1.82) is 0 Å². The second-order valence-corrected chi connectivity index (χ2v) is 6.22. The Balaban J connectivity index is 2.05. The number of aromatic nitrogens is 1. The largest absolute Gasteiger partial charge is 0.467 e. The summed E-state index contributed by atoms with van der Waals surface area (Å²) in [5, 5.41) is 2.97. The fraction of sp³-hybridized carbons (Fsp3) is 0.190. The first-order valence-corrected chi connectivity index (χ1v) is 8.56. The second kappa shape index (κ2) is 7.86. The van der Waals surface area contributed by atoms with Crippen LogP contribution in [0.2, 0.25) is 0 Å². The van der Waals surface area contributed by atoms with Crippen molar-refractivity contribution in [2.75, 3.05) is 7.11 Å². The zero-order chi connectivity index (χ0) is 19.4. The highest BCUT2D eigenvalue weighted by atomic mass is 16.5. The van der Waals surface area contributed by atoms with E-state index in [-0.39, 0.29) is 11.0 Å². The minimum atomic E-state index is -0.851. The molecule has 1 amide bonds. The normalized spacial score (nSPS) is 11.8. The van der Waals surface area contributed by atoms with E-state index in [2.05, 4.69) is 10.1 Å². The maximum atomic E-state index is 12.8. The standard InChI is InChI=1S/C21H20N2O4/c1-14(21(26)27-2)22-20(25)17-13-23(12-15-8-4-3-5-9-15)18-11-7-6-10-16(18)19(17)24/h3-11,13-14H,12H2,1-2H3,(H,22,25)/t14-/m0/s1. The molecular formula is C21H20N2O4. The highest BCUT2D eigenvalue weighted by Gasteiger charge is 2.20. The number of methoxy groups -OCH3 is 1. The predicted molar refractivity (Wildman–Crippen MR) is 103 cm³/mol. The van der Waals surface area contributed by atoms with Crippen molar-refractivity contribution in [2.24, 2.45) is 0 Å². The van der Waals surface area contributed by atoms with Gasteiger partial charge in [0.1, 0.15) is 11.6 Å². The number of nitrogens with zero attached hydrogens (tertiary/aromatic N) is 1. The van der Waals surface area contributed by atoms with Crippen molar-refractivity contribution in [3.8, 4) is 0 Å². The van der Waals surface area contributed by atoms with E-state index >= 15 is 0 Å². The summed E-state index contributed by atoms with van der Waals surface area (Å²) in [6.45, 7) is 2.02. The van der Waals surface area contributed by atoms with Gasteiger partial charge in [0.25, 0.3) is 5.91 Å². The summed E-state index contributed by atoms with van der Waals surface area (Å²) in [5.41, 5.74) is 1.40. The van der Waals surface area contributed by atoms with E-state index in [1.54, 1.807) is 12.1 Å². The molecule has 0 fully saturated rings. The summed E-state index contributed by atoms with van der Waals surface area (Å²) in [6, 6.07) is 16.1. The lowest BCUT2D eigenvalue weighted by molar-refractivity contribution is -0.142. The summed E-state index contributed by atoms with van der Waals surface area (Å²) in [5.74, 6) is -1.18. The zero-order valence-corrected chi connectivity index (χ0v) is 15.1. The Morgan fingerprint density at radius 3 is 2.44 bits per heavy atom. The Bertz CT molecular complexity index is 1040. The average molecular weight is 364 g/mol. The molecule has 0 saturated carbocycles. The molecule has 1 atom stereocenters. The van der Waals surface area contributed by atoms with Crippen LogP contribution in [0.4, 0.5) is 0 Å². The van der Waals surface area contributed by atoms with Crippen LogP contribution in [-0.2, 0) is 16.1 Å². The second-order valence-electron chi connectivity index (χ2n) is 6.22. The SMILES string of the molecule is COC(=O)[C@H](C)NC(=O)c1cn(Cc2ccccc2)c2ccccc2c1=O. The van der Waals surface area contributed by atoms with Gasteiger partial charge in [-0.1, -0.05) is 42.5 Å². The number of fused-ring (bicyclic) bond motifs is 1. The van der Waals surface area contributed by atoms with Crippen molar-refractivity contribution >= 4 is 22.8 Å². The van der Waals surface area contributed by atoms with Crippen LogP contribution in [0.1, 0.15) is 22.8 Å². The van der Waals surface area contributed by atoms with E-state index in [0.29, 0.717) is 11.9 Å². The number of pyridine rings is 1. The molecule has 0 radical (unpaired) electrons. The van der Waals surface area contributed by atoms with E-state index < -0.39 is 17.9 Å². The number of para-hydroxylation sites is 1. The van der Waals surface area contributed by atoms with E-state index in [4.69, 9.17) is 0 Å². The maximum absolute atomic E-state index is 12.8. The molecule has 0 aliphatic heterocycles. The highest BCUT2D eigenvalue weighted by molar-refractivity contribution is 5.99. The Morgan fingerprint density at radius 2 is 1.74 bits per heavy atom. The van der Waals surface area contributed by atoms with Gasteiger partial charge < -0.3 is 14.6 Å². The molecule has 3 aromatic rings. The van der Waals surface area contributed by atoms with Crippen LogP contribution in [0.3, 0.4) is 0 Å². The number of rotatable bonds is 5. The van der Waals surface area contributed by atoms with Gasteiger partial charge in [-0.25, -0.2) is 4.79 Å². The Kier molecular flexibility index (Phi) is 5.35. The highest BCUT2D eigenvalue weighted by Crippen LogP contribution is 2.14. The van der Waals surface area contributed by atoms with Crippen molar-refractivity contribution in [1.82, 2.24) is 9.88 Å². The van der Waals surface area contributed by atoms with Crippen molar-refractivity contribution < 1.29 is 14.3 Å². The number of hydrogen-bond donors (Lipinski definition) is 1. The number of carbonyl (C=O) groups excluding carboxylic acids is 2. The van der Waals surface area contributed by atoms with Gasteiger partial charge in [-0.05, 0) is 24.6 Å². The van der Waals surface area contributed by atoms with Gasteiger partial charge in [-0.2, -0.15) is 0 Å². The first-order chi connectivity index (χ1) is 13.0. The number of carbonyl (C=O) groups is 2.